The second kappa shape index (κ2) is 8.91. The van der Waals surface area contributed by atoms with E-state index in [0.29, 0.717) is 12.1 Å². The zero-order valence-electron chi connectivity index (χ0n) is 20.4. The minimum atomic E-state index is -3.41. The number of carbonyl (C=O) groups is 1. The number of anilines is 1. The number of piperidine rings is 1. The molecule has 2 fully saturated rings. The van der Waals surface area contributed by atoms with Crippen LogP contribution in [0.15, 0.2) is 35.4 Å². The van der Waals surface area contributed by atoms with E-state index < -0.39 is 9.84 Å². The molecule has 0 radical (unpaired) electrons. The molecule has 9 nitrogen and oxygen atoms in total. The van der Waals surface area contributed by atoms with Gasteiger partial charge in [0, 0.05) is 55.3 Å². The van der Waals surface area contributed by atoms with E-state index in [0.717, 1.165) is 73.3 Å². The van der Waals surface area contributed by atoms with Crippen molar-refractivity contribution >= 4 is 27.2 Å². The van der Waals surface area contributed by atoms with Crippen molar-refractivity contribution < 1.29 is 13.2 Å². The Kier molecular flexibility index (Phi) is 6.04. The summed E-state index contributed by atoms with van der Waals surface area (Å²) in [5, 5.41) is 4.81. The summed E-state index contributed by atoms with van der Waals surface area (Å²) in [5.74, 6) is 0.771. The number of amides is 1. The van der Waals surface area contributed by atoms with Crippen LogP contribution in [-0.4, -0.2) is 65.8 Å². The van der Waals surface area contributed by atoms with Crippen molar-refractivity contribution in [2.75, 3.05) is 30.8 Å². The second-order valence-electron chi connectivity index (χ2n) is 9.87. The number of aryl methyl sites for hydroxylation is 2. The maximum Gasteiger partial charge on any atom is 0.254 e. The van der Waals surface area contributed by atoms with E-state index >= 15 is 0 Å². The Morgan fingerprint density at radius 1 is 1.09 bits per heavy atom. The number of hydrogen-bond donors (Lipinski definition) is 1. The first kappa shape index (κ1) is 23.7. The number of aromatic nitrogens is 3. The smallest absolute Gasteiger partial charge is 0.254 e. The van der Waals surface area contributed by atoms with Crippen LogP contribution in [0.1, 0.15) is 58.9 Å². The highest BCUT2D eigenvalue weighted by Crippen LogP contribution is 2.33. The molecule has 0 spiro atoms. The molecule has 10 heteroatoms. The zero-order valence-corrected chi connectivity index (χ0v) is 21.3. The summed E-state index contributed by atoms with van der Waals surface area (Å²) in [4.78, 5) is 22.8. The van der Waals surface area contributed by atoms with Crippen LogP contribution in [0.25, 0.3) is 5.65 Å². The molecule has 2 unspecified atom stereocenters. The summed E-state index contributed by atoms with van der Waals surface area (Å²) < 4.78 is 26.0. The summed E-state index contributed by atoms with van der Waals surface area (Å²) in [6, 6.07) is 6.69. The maximum absolute atomic E-state index is 13.7. The van der Waals surface area contributed by atoms with Crippen molar-refractivity contribution in [1.29, 1.82) is 0 Å². The molecular formula is C25H32N6O3S. The van der Waals surface area contributed by atoms with Gasteiger partial charge in [0.2, 0.25) is 0 Å². The lowest BCUT2D eigenvalue weighted by Gasteiger charge is -2.35. The molecule has 186 valence electrons. The van der Waals surface area contributed by atoms with Gasteiger partial charge in [0.1, 0.15) is 5.82 Å². The lowest BCUT2D eigenvalue weighted by molar-refractivity contribution is 0.0604. The highest BCUT2D eigenvalue weighted by atomic mass is 32.2. The van der Waals surface area contributed by atoms with Crippen molar-refractivity contribution in [1.82, 2.24) is 19.5 Å². The van der Waals surface area contributed by atoms with E-state index in [1.54, 1.807) is 16.6 Å². The topological polar surface area (TPSA) is 114 Å². The monoisotopic (exact) mass is 496 g/mol. The Bertz CT molecular complexity index is 1400. The first-order chi connectivity index (χ1) is 16.6. The Morgan fingerprint density at radius 2 is 1.89 bits per heavy atom. The molecule has 3 aromatic rings. The van der Waals surface area contributed by atoms with Gasteiger partial charge in [0.15, 0.2) is 15.5 Å². The van der Waals surface area contributed by atoms with Crippen LogP contribution < -0.4 is 10.6 Å². The van der Waals surface area contributed by atoms with Gasteiger partial charge in [0.25, 0.3) is 5.91 Å². The highest BCUT2D eigenvalue weighted by Gasteiger charge is 2.32. The lowest BCUT2D eigenvalue weighted by atomic mass is 9.97. The van der Waals surface area contributed by atoms with Crippen LogP contribution in [0.4, 0.5) is 5.82 Å². The molecule has 2 aliphatic rings. The molecule has 2 N–H and O–H groups in total. The van der Waals surface area contributed by atoms with Crippen LogP contribution in [-0.2, 0) is 9.84 Å². The van der Waals surface area contributed by atoms with Gasteiger partial charge >= 0.3 is 0 Å². The Labute approximate surface area is 205 Å². The van der Waals surface area contributed by atoms with Crippen LogP contribution in [0, 0.1) is 13.8 Å². The molecule has 2 saturated heterocycles. The van der Waals surface area contributed by atoms with Gasteiger partial charge in [-0.1, -0.05) is 6.07 Å². The van der Waals surface area contributed by atoms with Gasteiger partial charge in [-0.3, -0.25) is 4.79 Å². The van der Waals surface area contributed by atoms with Gasteiger partial charge in [-0.25, -0.2) is 17.9 Å². The summed E-state index contributed by atoms with van der Waals surface area (Å²) in [5.41, 5.74) is 9.86. The molecule has 4 heterocycles. The molecule has 2 aromatic heterocycles. The van der Waals surface area contributed by atoms with E-state index in [9.17, 15) is 13.2 Å². The molecule has 1 aromatic carbocycles. The first-order valence-electron chi connectivity index (χ1n) is 12.1. The minimum absolute atomic E-state index is 0.154. The Morgan fingerprint density at radius 3 is 2.60 bits per heavy atom. The third-order valence-corrected chi connectivity index (χ3v) is 8.23. The molecule has 0 bridgehead atoms. The average Bonchev–Trinajstić information content (AvgIpc) is 3.43. The Hall–Kier alpha value is -2.98. The fraction of sp³-hybridized carbons (Fsp3) is 0.480. The van der Waals surface area contributed by atoms with E-state index in [1.807, 2.05) is 31.0 Å². The zero-order chi connectivity index (χ0) is 24.9. The first-order valence-corrected chi connectivity index (χ1v) is 14.0. The maximum atomic E-state index is 13.7. The number of carbonyl (C=O) groups excluding carboxylic acids is 1. The molecular weight excluding hydrogens is 464 g/mol. The van der Waals surface area contributed by atoms with Crippen LogP contribution >= 0.6 is 0 Å². The number of nitrogens with two attached hydrogens (primary N) is 1. The third-order valence-electron chi connectivity index (χ3n) is 7.12. The van der Waals surface area contributed by atoms with Gasteiger partial charge in [-0.05, 0) is 57.2 Å². The number of hydrogen-bond acceptors (Lipinski definition) is 7. The minimum Gasteiger partial charge on any atom is -0.355 e. The molecule has 1 amide bonds. The predicted molar refractivity (Wildman–Crippen MR) is 134 cm³/mol. The third kappa shape index (κ3) is 4.52. The van der Waals surface area contributed by atoms with Crippen molar-refractivity contribution in [2.45, 2.75) is 56.5 Å². The van der Waals surface area contributed by atoms with Crippen LogP contribution in [0.3, 0.4) is 0 Å². The molecule has 0 aliphatic carbocycles. The fourth-order valence-corrected chi connectivity index (χ4v) is 5.83. The van der Waals surface area contributed by atoms with Gasteiger partial charge < -0.3 is 15.5 Å². The average molecular weight is 497 g/mol. The fourth-order valence-electron chi connectivity index (χ4n) is 5.18. The van der Waals surface area contributed by atoms with E-state index in [4.69, 9.17) is 15.8 Å². The van der Waals surface area contributed by atoms with E-state index in [2.05, 4.69) is 4.90 Å². The summed E-state index contributed by atoms with van der Waals surface area (Å²) in [7, 11) is -3.41. The number of rotatable bonds is 4. The van der Waals surface area contributed by atoms with Crippen molar-refractivity contribution in [3.05, 3.63) is 52.8 Å². The number of nitrogens with zero attached hydrogens (tertiary/aromatic N) is 5. The van der Waals surface area contributed by atoms with Crippen molar-refractivity contribution in [2.24, 2.45) is 5.73 Å². The van der Waals surface area contributed by atoms with Crippen LogP contribution in [0.5, 0.6) is 0 Å². The quantitative estimate of drug-likeness (QED) is 0.591. The number of likely N-dealkylation sites (tertiary alicyclic amines) is 1. The molecule has 0 saturated carbocycles. The number of fused-ring (bicyclic) bond motifs is 1. The summed E-state index contributed by atoms with van der Waals surface area (Å²) in [6.45, 7) is 6.15. The highest BCUT2D eigenvalue weighted by molar-refractivity contribution is 7.90. The summed E-state index contributed by atoms with van der Waals surface area (Å²) >= 11 is 0. The van der Waals surface area contributed by atoms with Gasteiger partial charge in [-0.15, -0.1) is 0 Å². The predicted octanol–water partition coefficient (Wildman–Crippen LogP) is 2.65. The van der Waals surface area contributed by atoms with E-state index in [-0.39, 0.29) is 22.9 Å². The molecule has 5 rings (SSSR count). The lowest BCUT2D eigenvalue weighted by Crippen LogP contribution is -2.39. The molecule has 35 heavy (non-hydrogen) atoms. The summed E-state index contributed by atoms with van der Waals surface area (Å²) in [6.07, 6.45) is 6.79. The number of benzene rings is 1. The van der Waals surface area contributed by atoms with Crippen LogP contribution in [0.2, 0.25) is 0 Å². The van der Waals surface area contributed by atoms with Gasteiger partial charge in [0.05, 0.1) is 16.6 Å². The largest absolute Gasteiger partial charge is 0.355 e. The standard InChI is InChI=1S/C25H32N6O3S/c1-16-7-8-19(35(3,33)34)12-20(16)25(32)30-10-5-4-6-22(30)21-13-23-27-24(17(2)14-31(23)28-21)29-11-9-18(26)15-29/h7-8,12-14,18,22H,4-6,9-11,15,26H2,1-3H3. The normalized spacial score (nSPS) is 21.1. The Balaban J connectivity index is 1.49. The molecule has 2 atom stereocenters. The van der Waals surface area contributed by atoms with E-state index in [1.165, 1.54) is 6.07 Å². The van der Waals surface area contributed by atoms with Crippen molar-refractivity contribution in [3.63, 3.8) is 0 Å². The SMILES string of the molecule is Cc1ccc(S(C)(=O)=O)cc1C(=O)N1CCCCC1c1cc2nc(N3CCC(N)C3)c(C)cn2n1. The van der Waals surface area contributed by atoms with Gasteiger partial charge in [-0.2, -0.15) is 5.10 Å². The second-order valence-corrected chi connectivity index (χ2v) is 11.9. The van der Waals surface area contributed by atoms with Crippen molar-refractivity contribution in [3.8, 4) is 0 Å². The molecule has 2 aliphatic heterocycles. The number of sulfone groups is 1.